The van der Waals surface area contributed by atoms with Crippen LogP contribution in [-0.4, -0.2) is 38.1 Å². The van der Waals surface area contributed by atoms with Crippen molar-refractivity contribution < 1.29 is 32.2 Å². The summed E-state index contributed by atoms with van der Waals surface area (Å²) in [5, 5.41) is 1.89. The molecule has 0 saturated carbocycles. The van der Waals surface area contributed by atoms with Gasteiger partial charge in [-0.25, -0.2) is 0 Å². The van der Waals surface area contributed by atoms with E-state index in [0.29, 0.717) is 16.9 Å². The molecule has 1 amide bonds. The highest BCUT2D eigenvalue weighted by Crippen LogP contribution is 2.31. The lowest BCUT2D eigenvalue weighted by molar-refractivity contribution is -0.174. The summed E-state index contributed by atoms with van der Waals surface area (Å²) < 4.78 is 47.9. The van der Waals surface area contributed by atoms with Crippen LogP contribution in [0.3, 0.4) is 0 Å². The monoisotopic (exact) mass is 395 g/mol. The van der Waals surface area contributed by atoms with Crippen LogP contribution in [0.4, 0.5) is 13.2 Å². The van der Waals surface area contributed by atoms with Crippen LogP contribution in [0, 0.1) is 0 Å². The van der Waals surface area contributed by atoms with Crippen LogP contribution < -0.4 is 14.8 Å². The maximum absolute atomic E-state index is 12.8. The first-order valence-corrected chi connectivity index (χ1v) is 8.39. The van der Waals surface area contributed by atoms with Crippen molar-refractivity contribution in [2.75, 3.05) is 14.2 Å². The highest BCUT2D eigenvalue weighted by atomic mass is 19.4. The smallest absolute Gasteiger partial charge is 0.471 e. The molecule has 0 aliphatic rings. The molecule has 8 heteroatoms. The summed E-state index contributed by atoms with van der Waals surface area (Å²) in [4.78, 5) is 23.9. The number of carbonyl (C=O) groups excluding carboxylic acids is 2. The molecule has 2 aromatic carbocycles. The summed E-state index contributed by atoms with van der Waals surface area (Å²) in [6.45, 7) is 1.44. The van der Waals surface area contributed by atoms with Crippen LogP contribution in [0.1, 0.15) is 28.4 Å². The van der Waals surface area contributed by atoms with E-state index < -0.39 is 18.1 Å². The minimum atomic E-state index is -4.96. The van der Waals surface area contributed by atoms with E-state index in [2.05, 4.69) is 0 Å². The molecule has 150 valence electrons. The number of hydrogen-bond donors (Lipinski definition) is 1. The fourth-order valence-electron chi connectivity index (χ4n) is 2.73. The Bertz CT molecular complexity index is 851. The van der Waals surface area contributed by atoms with Crippen molar-refractivity contribution in [3.8, 4) is 11.5 Å². The van der Waals surface area contributed by atoms with E-state index in [1.807, 2.05) is 5.32 Å². The molecule has 2 aromatic rings. The first-order chi connectivity index (χ1) is 13.2. The van der Waals surface area contributed by atoms with Gasteiger partial charge in [-0.3, -0.25) is 9.59 Å². The van der Waals surface area contributed by atoms with Crippen LogP contribution in [0.25, 0.3) is 0 Å². The molecular weight excluding hydrogens is 375 g/mol. The average Bonchev–Trinajstić information content (AvgIpc) is 2.66. The van der Waals surface area contributed by atoms with Crippen molar-refractivity contribution in [3.05, 3.63) is 59.2 Å². The van der Waals surface area contributed by atoms with Crippen LogP contribution in [-0.2, 0) is 11.2 Å². The van der Waals surface area contributed by atoms with E-state index >= 15 is 0 Å². The van der Waals surface area contributed by atoms with Crippen LogP contribution in [0.2, 0.25) is 0 Å². The third-order valence-corrected chi connectivity index (χ3v) is 4.04. The molecule has 1 atom stereocenters. The molecule has 0 aliphatic heterocycles. The molecule has 0 saturated heterocycles. The number of hydrogen-bond acceptors (Lipinski definition) is 4. The zero-order valence-corrected chi connectivity index (χ0v) is 15.6. The van der Waals surface area contributed by atoms with E-state index in [1.54, 1.807) is 30.3 Å². The minimum Gasteiger partial charge on any atom is -0.496 e. The Balaban J connectivity index is 2.32. The number of ether oxygens (including phenoxy) is 2. The number of alkyl halides is 3. The van der Waals surface area contributed by atoms with Crippen molar-refractivity contribution in [3.63, 3.8) is 0 Å². The Labute approximate surface area is 160 Å². The van der Waals surface area contributed by atoms with E-state index in [-0.39, 0.29) is 23.5 Å². The molecular formula is C20H20F3NO4. The van der Waals surface area contributed by atoms with Gasteiger partial charge in [0.25, 0.3) is 0 Å². The van der Waals surface area contributed by atoms with Crippen molar-refractivity contribution >= 4 is 11.7 Å². The van der Waals surface area contributed by atoms with E-state index in [0.717, 1.165) is 0 Å². The third-order valence-electron chi connectivity index (χ3n) is 4.04. The number of rotatable bonds is 7. The summed E-state index contributed by atoms with van der Waals surface area (Å²) >= 11 is 0. The average molecular weight is 395 g/mol. The number of amides is 1. The van der Waals surface area contributed by atoms with Gasteiger partial charge in [0, 0.05) is 11.6 Å². The van der Waals surface area contributed by atoms with Crippen molar-refractivity contribution in [1.82, 2.24) is 5.32 Å². The molecule has 0 aliphatic carbocycles. The van der Waals surface area contributed by atoms with Gasteiger partial charge in [-0.1, -0.05) is 30.3 Å². The van der Waals surface area contributed by atoms with Gasteiger partial charge in [0.15, 0.2) is 5.78 Å². The summed E-state index contributed by atoms with van der Waals surface area (Å²) in [6, 6.07) is 10.8. The van der Waals surface area contributed by atoms with Gasteiger partial charge in [-0.15, -0.1) is 0 Å². The Morgan fingerprint density at radius 3 is 2.18 bits per heavy atom. The lowest BCUT2D eigenvalue weighted by atomic mass is 9.97. The molecule has 2 rings (SSSR count). The highest BCUT2D eigenvalue weighted by molar-refractivity contribution is 6.11. The standard InChI is InChI=1S/C20H20F3NO4/c1-12(24-19(26)20(21,22)23)9-14-10-17(28-3)15(11-16(14)27-2)18(25)13-7-5-4-6-8-13/h4-8,10-12H,9H2,1-3H3,(H,24,26). The lowest BCUT2D eigenvalue weighted by Gasteiger charge is -2.19. The number of nitrogens with one attached hydrogen (secondary N) is 1. The van der Waals surface area contributed by atoms with Gasteiger partial charge >= 0.3 is 12.1 Å². The Kier molecular flexibility index (Phi) is 6.66. The zero-order valence-electron chi connectivity index (χ0n) is 15.6. The molecule has 0 radical (unpaired) electrons. The molecule has 5 nitrogen and oxygen atoms in total. The lowest BCUT2D eigenvalue weighted by Crippen LogP contribution is -2.42. The van der Waals surface area contributed by atoms with Gasteiger partial charge in [0.05, 0.1) is 19.8 Å². The van der Waals surface area contributed by atoms with E-state index in [9.17, 15) is 22.8 Å². The maximum atomic E-state index is 12.8. The zero-order chi connectivity index (χ0) is 20.9. The summed E-state index contributed by atoms with van der Waals surface area (Å²) in [6.07, 6.45) is -4.90. The van der Waals surface area contributed by atoms with Crippen LogP contribution in [0.15, 0.2) is 42.5 Å². The van der Waals surface area contributed by atoms with Crippen molar-refractivity contribution in [2.45, 2.75) is 25.6 Å². The first kappa shape index (κ1) is 21.3. The van der Waals surface area contributed by atoms with Crippen LogP contribution in [0.5, 0.6) is 11.5 Å². The number of halogens is 3. The second kappa shape index (κ2) is 8.77. The number of ketones is 1. The fraction of sp³-hybridized carbons (Fsp3) is 0.300. The molecule has 0 spiro atoms. The molecule has 28 heavy (non-hydrogen) atoms. The summed E-state index contributed by atoms with van der Waals surface area (Å²) in [5.41, 5.74) is 1.22. The van der Waals surface area contributed by atoms with Crippen molar-refractivity contribution in [2.24, 2.45) is 0 Å². The Hall–Kier alpha value is -3.03. The Morgan fingerprint density at radius 2 is 1.64 bits per heavy atom. The highest BCUT2D eigenvalue weighted by Gasteiger charge is 2.39. The normalized spacial score (nSPS) is 12.2. The second-order valence-corrected chi connectivity index (χ2v) is 6.14. The number of benzene rings is 2. The molecule has 0 aromatic heterocycles. The summed E-state index contributed by atoms with van der Waals surface area (Å²) in [7, 11) is 2.78. The second-order valence-electron chi connectivity index (χ2n) is 6.14. The molecule has 1 unspecified atom stereocenters. The van der Waals surface area contributed by atoms with Gasteiger partial charge in [0.1, 0.15) is 11.5 Å². The van der Waals surface area contributed by atoms with Crippen molar-refractivity contribution in [1.29, 1.82) is 0 Å². The predicted molar refractivity (Wildman–Crippen MR) is 96.8 cm³/mol. The van der Waals surface area contributed by atoms with Crippen LogP contribution >= 0.6 is 0 Å². The van der Waals surface area contributed by atoms with Gasteiger partial charge < -0.3 is 14.8 Å². The number of methoxy groups -OCH3 is 2. The topological polar surface area (TPSA) is 64.6 Å². The van der Waals surface area contributed by atoms with Gasteiger partial charge in [-0.2, -0.15) is 13.2 Å². The molecule has 0 bridgehead atoms. The van der Waals surface area contributed by atoms with Gasteiger partial charge in [-0.05, 0) is 31.0 Å². The first-order valence-electron chi connectivity index (χ1n) is 8.39. The third kappa shape index (κ3) is 5.03. The quantitative estimate of drug-likeness (QED) is 0.729. The Morgan fingerprint density at radius 1 is 1.04 bits per heavy atom. The summed E-state index contributed by atoms with van der Waals surface area (Å²) in [5.74, 6) is -1.71. The van der Waals surface area contributed by atoms with Gasteiger partial charge in [0.2, 0.25) is 0 Å². The molecule has 0 heterocycles. The molecule has 1 N–H and O–H groups in total. The SMILES string of the molecule is COc1cc(C(=O)c2ccccc2)c(OC)cc1CC(C)NC(=O)C(F)(F)F. The maximum Gasteiger partial charge on any atom is 0.471 e. The predicted octanol–water partition coefficient (Wildman–Crippen LogP) is 3.54. The van der Waals surface area contributed by atoms with E-state index in [1.165, 1.54) is 33.3 Å². The number of carbonyl (C=O) groups is 2. The molecule has 0 fully saturated rings. The fourth-order valence-corrected chi connectivity index (χ4v) is 2.73. The van der Waals surface area contributed by atoms with E-state index in [4.69, 9.17) is 9.47 Å². The minimum absolute atomic E-state index is 0.0567. The largest absolute Gasteiger partial charge is 0.496 e.